The quantitative estimate of drug-likeness (QED) is 0.775. The van der Waals surface area contributed by atoms with E-state index in [0.29, 0.717) is 36.3 Å². The monoisotopic (exact) mass is 298 g/mol. The summed E-state index contributed by atoms with van der Waals surface area (Å²) in [6.07, 6.45) is 1.17. The Morgan fingerprint density at radius 2 is 2.10 bits per heavy atom. The molecule has 4 nitrogen and oxygen atoms in total. The van der Waals surface area contributed by atoms with E-state index in [-0.39, 0.29) is 11.9 Å². The first-order chi connectivity index (χ1) is 9.52. The zero-order chi connectivity index (χ0) is 15.0. The van der Waals surface area contributed by atoms with Crippen LogP contribution in [-0.4, -0.2) is 25.1 Å². The lowest BCUT2D eigenvalue weighted by Crippen LogP contribution is -2.41. The number of nitrogens with one attached hydrogen (secondary N) is 1. The lowest BCUT2D eigenvalue weighted by Gasteiger charge is -2.18. The minimum absolute atomic E-state index is 0.0304. The summed E-state index contributed by atoms with van der Waals surface area (Å²) in [7, 11) is 0. The van der Waals surface area contributed by atoms with Crippen LogP contribution >= 0.6 is 11.6 Å². The highest BCUT2D eigenvalue weighted by Crippen LogP contribution is 2.23. The van der Waals surface area contributed by atoms with Crippen LogP contribution in [0.2, 0.25) is 5.02 Å². The van der Waals surface area contributed by atoms with Gasteiger partial charge in [-0.15, -0.1) is 0 Å². The summed E-state index contributed by atoms with van der Waals surface area (Å²) < 4.78 is 5.48. The maximum absolute atomic E-state index is 11.8. The van der Waals surface area contributed by atoms with Crippen molar-refractivity contribution >= 4 is 17.5 Å². The molecule has 1 rings (SSSR count). The normalized spacial score (nSPS) is 12.2. The number of hydrogen-bond donors (Lipinski definition) is 2. The highest BCUT2D eigenvalue weighted by molar-refractivity contribution is 6.32. The molecule has 1 aromatic rings. The van der Waals surface area contributed by atoms with Crippen LogP contribution in [0, 0.1) is 5.92 Å². The maximum atomic E-state index is 11.8. The first-order valence-electron chi connectivity index (χ1n) is 6.89. The number of carbonyl (C=O) groups excluding carboxylic acids is 1. The van der Waals surface area contributed by atoms with Crippen LogP contribution in [0.5, 0.6) is 5.75 Å². The first kappa shape index (κ1) is 16.8. The van der Waals surface area contributed by atoms with E-state index in [1.165, 1.54) is 0 Å². The number of nitrogens with two attached hydrogens (primary N) is 1. The van der Waals surface area contributed by atoms with Gasteiger partial charge < -0.3 is 15.8 Å². The predicted octanol–water partition coefficient (Wildman–Crippen LogP) is 2.60. The minimum Gasteiger partial charge on any atom is -0.491 e. The summed E-state index contributed by atoms with van der Waals surface area (Å²) in [6, 6.07) is 7.24. The molecule has 0 heterocycles. The van der Waals surface area contributed by atoms with Gasteiger partial charge in [0.15, 0.2) is 0 Å². The number of amides is 1. The zero-order valence-electron chi connectivity index (χ0n) is 12.1. The van der Waals surface area contributed by atoms with Crippen LogP contribution in [0.15, 0.2) is 24.3 Å². The highest BCUT2D eigenvalue weighted by Gasteiger charge is 2.12. The minimum atomic E-state index is -0.0480. The molecule has 0 aliphatic heterocycles. The standard InChI is InChI=1S/C15H23ClN2O2/c1-11(2)9-12(10-17)18-15(19)7-8-20-14-6-4-3-5-13(14)16/h3-6,11-12H,7-10,17H2,1-2H3,(H,18,19). The van der Waals surface area contributed by atoms with Crippen LogP contribution in [0.25, 0.3) is 0 Å². The Kier molecular flexibility index (Phi) is 7.41. The number of carbonyl (C=O) groups is 1. The summed E-state index contributed by atoms with van der Waals surface area (Å²) in [6.45, 7) is 4.97. The largest absolute Gasteiger partial charge is 0.491 e. The molecule has 3 N–H and O–H groups in total. The van der Waals surface area contributed by atoms with Gasteiger partial charge in [0.25, 0.3) is 0 Å². The van der Waals surface area contributed by atoms with Crippen LogP contribution in [-0.2, 0) is 4.79 Å². The van der Waals surface area contributed by atoms with Gasteiger partial charge in [-0.3, -0.25) is 4.79 Å². The third-order valence-electron chi connectivity index (χ3n) is 2.83. The van der Waals surface area contributed by atoms with E-state index in [2.05, 4.69) is 19.2 Å². The molecule has 0 aliphatic rings. The summed E-state index contributed by atoms with van der Waals surface area (Å²) >= 11 is 5.96. The summed E-state index contributed by atoms with van der Waals surface area (Å²) in [5.74, 6) is 1.05. The van der Waals surface area contributed by atoms with Crippen molar-refractivity contribution in [1.29, 1.82) is 0 Å². The number of hydrogen-bond acceptors (Lipinski definition) is 3. The summed E-state index contributed by atoms with van der Waals surface area (Å²) in [4.78, 5) is 11.8. The Morgan fingerprint density at radius 3 is 2.70 bits per heavy atom. The fourth-order valence-electron chi connectivity index (χ4n) is 1.90. The highest BCUT2D eigenvalue weighted by atomic mass is 35.5. The second-order valence-corrected chi connectivity index (χ2v) is 5.57. The predicted molar refractivity (Wildman–Crippen MR) is 82.0 cm³/mol. The SMILES string of the molecule is CC(C)CC(CN)NC(=O)CCOc1ccccc1Cl. The van der Waals surface area contributed by atoms with Crippen molar-refractivity contribution in [2.75, 3.05) is 13.2 Å². The van der Waals surface area contributed by atoms with Crippen molar-refractivity contribution in [3.05, 3.63) is 29.3 Å². The van der Waals surface area contributed by atoms with E-state index in [9.17, 15) is 4.79 Å². The molecule has 1 unspecified atom stereocenters. The molecular formula is C15H23ClN2O2. The Labute approximate surface area is 125 Å². The molecular weight excluding hydrogens is 276 g/mol. The molecule has 0 saturated carbocycles. The van der Waals surface area contributed by atoms with E-state index in [1.54, 1.807) is 12.1 Å². The van der Waals surface area contributed by atoms with E-state index in [1.807, 2.05) is 12.1 Å². The average Bonchev–Trinajstić information content (AvgIpc) is 2.39. The molecule has 0 spiro atoms. The van der Waals surface area contributed by atoms with Gasteiger partial charge in [0, 0.05) is 12.6 Å². The molecule has 0 aromatic heterocycles. The van der Waals surface area contributed by atoms with Gasteiger partial charge in [0.1, 0.15) is 5.75 Å². The molecule has 20 heavy (non-hydrogen) atoms. The van der Waals surface area contributed by atoms with Gasteiger partial charge in [-0.25, -0.2) is 0 Å². The number of ether oxygens (including phenoxy) is 1. The number of rotatable bonds is 8. The van der Waals surface area contributed by atoms with Crippen molar-refractivity contribution in [1.82, 2.24) is 5.32 Å². The Hall–Kier alpha value is -1.26. The van der Waals surface area contributed by atoms with Crippen molar-refractivity contribution in [3.63, 3.8) is 0 Å². The fourth-order valence-corrected chi connectivity index (χ4v) is 2.09. The van der Waals surface area contributed by atoms with Gasteiger partial charge in [-0.1, -0.05) is 37.6 Å². The van der Waals surface area contributed by atoms with Gasteiger partial charge in [-0.2, -0.15) is 0 Å². The molecule has 0 aliphatic carbocycles. The van der Waals surface area contributed by atoms with Crippen LogP contribution in [0.4, 0.5) is 0 Å². The van der Waals surface area contributed by atoms with E-state index >= 15 is 0 Å². The summed E-state index contributed by atoms with van der Waals surface area (Å²) in [5, 5.41) is 3.47. The third-order valence-corrected chi connectivity index (χ3v) is 3.14. The van der Waals surface area contributed by atoms with Gasteiger partial charge in [0.2, 0.25) is 5.91 Å². The summed E-state index contributed by atoms with van der Waals surface area (Å²) in [5.41, 5.74) is 5.65. The Balaban J connectivity index is 2.31. The Morgan fingerprint density at radius 1 is 1.40 bits per heavy atom. The number of halogens is 1. The van der Waals surface area contributed by atoms with Crippen molar-refractivity contribution in [2.45, 2.75) is 32.7 Å². The topological polar surface area (TPSA) is 64.3 Å². The molecule has 1 atom stereocenters. The molecule has 1 aromatic carbocycles. The smallest absolute Gasteiger partial charge is 0.223 e. The van der Waals surface area contributed by atoms with Crippen LogP contribution in [0.3, 0.4) is 0 Å². The van der Waals surface area contributed by atoms with Crippen molar-refractivity contribution in [3.8, 4) is 5.75 Å². The maximum Gasteiger partial charge on any atom is 0.223 e. The Bertz CT molecular complexity index is 424. The second-order valence-electron chi connectivity index (χ2n) is 5.16. The third kappa shape index (κ3) is 6.26. The molecule has 5 heteroatoms. The van der Waals surface area contributed by atoms with Crippen LogP contribution < -0.4 is 15.8 Å². The molecule has 0 saturated heterocycles. The zero-order valence-corrected chi connectivity index (χ0v) is 12.8. The van der Waals surface area contributed by atoms with Crippen molar-refractivity contribution < 1.29 is 9.53 Å². The van der Waals surface area contributed by atoms with E-state index in [4.69, 9.17) is 22.1 Å². The fraction of sp³-hybridized carbons (Fsp3) is 0.533. The first-order valence-corrected chi connectivity index (χ1v) is 7.27. The number of para-hydroxylation sites is 1. The molecule has 112 valence electrons. The molecule has 0 radical (unpaired) electrons. The van der Waals surface area contributed by atoms with Crippen molar-refractivity contribution in [2.24, 2.45) is 11.7 Å². The molecule has 1 amide bonds. The van der Waals surface area contributed by atoms with E-state index in [0.717, 1.165) is 6.42 Å². The van der Waals surface area contributed by atoms with Crippen LogP contribution in [0.1, 0.15) is 26.7 Å². The molecule has 0 bridgehead atoms. The second kappa shape index (κ2) is 8.82. The lowest BCUT2D eigenvalue weighted by atomic mass is 10.0. The molecule has 0 fully saturated rings. The lowest BCUT2D eigenvalue weighted by molar-refractivity contribution is -0.122. The average molecular weight is 299 g/mol. The van der Waals surface area contributed by atoms with Gasteiger partial charge in [0.05, 0.1) is 18.1 Å². The van der Waals surface area contributed by atoms with Gasteiger partial charge in [-0.05, 0) is 24.5 Å². The van der Waals surface area contributed by atoms with E-state index < -0.39 is 0 Å². The number of benzene rings is 1. The van der Waals surface area contributed by atoms with Gasteiger partial charge >= 0.3 is 0 Å².